The van der Waals surface area contributed by atoms with Crippen LogP contribution in [-0.2, 0) is 11.2 Å². The first-order valence-corrected chi connectivity index (χ1v) is 7.40. The van der Waals surface area contributed by atoms with Gasteiger partial charge in [-0.25, -0.2) is 4.39 Å². The number of hydrogen-bond acceptors (Lipinski definition) is 4. The lowest BCUT2D eigenvalue weighted by Gasteiger charge is -2.07. The van der Waals surface area contributed by atoms with Gasteiger partial charge < -0.3 is 10.6 Å². The van der Waals surface area contributed by atoms with Crippen LogP contribution < -0.4 is 10.6 Å². The van der Waals surface area contributed by atoms with Crippen LogP contribution in [0.4, 0.5) is 21.7 Å². The Labute approximate surface area is 138 Å². The number of benzene rings is 2. The van der Waals surface area contributed by atoms with Crippen LogP contribution in [-0.4, -0.2) is 16.1 Å². The molecule has 1 heterocycles. The van der Waals surface area contributed by atoms with E-state index in [4.69, 9.17) is 0 Å². The standard InChI is InChI=1S/C18H15FN4O/c19-15-9-5-4-6-13(15)12-18(24)21-17-11-10-16(22-23-17)20-14-7-2-1-3-8-14/h1-11H,12H2,(H,20,22)(H,21,23,24). The molecule has 0 aliphatic rings. The fourth-order valence-electron chi connectivity index (χ4n) is 2.14. The average molecular weight is 322 g/mol. The highest BCUT2D eigenvalue weighted by molar-refractivity contribution is 5.91. The van der Waals surface area contributed by atoms with E-state index in [0.29, 0.717) is 17.2 Å². The summed E-state index contributed by atoms with van der Waals surface area (Å²) in [7, 11) is 0. The summed E-state index contributed by atoms with van der Waals surface area (Å²) >= 11 is 0. The number of nitrogens with zero attached hydrogens (tertiary/aromatic N) is 2. The SMILES string of the molecule is O=C(Cc1ccccc1F)Nc1ccc(Nc2ccccc2)nn1. The van der Waals surface area contributed by atoms with E-state index in [2.05, 4.69) is 20.8 Å². The van der Waals surface area contributed by atoms with Gasteiger partial charge >= 0.3 is 0 Å². The Kier molecular flexibility index (Phi) is 4.76. The first-order chi connectivity index (χ1) is 11.7. The summed E-state index contributed by atoms with van der Waals surface area (Å²) in [4.78, 5) is 11.9. The second kappa shape index (κ2) is 7.32. The molecule has 0 bridgehead atoms. The Morgan fingerprint density at radius 1 is 0.875 bits per heavy atom. The van der Waals surface area contributed by atoms with Crippen molar-refractivity contribution in [2.75, 3.05) is 10.6 Å². The molecule has 0 saturated carbocycles. The molecule has 3 aromatic rings. The van der Waals surface area contributed by atoms with E-state index in [-0.39, 0.29) is 12.3 Å². The van der Waals surface area contributed by atoms with Gasteiger partial charge in [-0.3, -0.25) is 4.79 Å². The molecule has 5 nitrogen and oxygen atoms in total. The highest BCUT2D eigenvalue weighted by Crippen LogP contribution is 2.14. The monoisotopic (exact) mass is 322 g/mol. The zero-order chi connectivity index (χ0) is 16.8. The van der Waals surface area contributed by atoms with Crippen molar-refractivity contribution in [2.24, 2.45) is 0 Å². The summed E-state index contributed by atoms with van der Waals surface area (Å²) in [6.07, 6.45) is -0.0572. The average Bonchev–Trinajstić information content (AvgIpc) is 2.60. The summed E-state index contributed by atoms with van der Waals surface area (Å²) in [5.41, 5.74) is 1.23. The molecule has 0 spiro atoms. The molecule has 2 N–H and O–H groups in total. The number of carbonyl (C=O) groups excluding carboxylic acids is 1. The lowest BCUT2D eigenvalue weighted by Crippen LogP contribution is -2.16. The second-order valence-electron chi connectivity index (χ2n) is 5.11. The summed E-state index contributed by atoms with van der Waals surface area (Å²) in [6, 6.07) is 19.1. The van der Waals surface area contributed by atoms with Crippen molar-refractivity contribution < 1.29 is 9.18 Å². The summed E-state index contributed by atoms with van der Waals surface area (Å²) in [6.45, 7) is 0. The molecular formula is C18H15FN4O. The number of nitrogens with one attached hydrogen (secondary N) is 2. The number of aromatic nitrogens is 2. The van der Waals surface area contributed by atoms with Crippen LogP contribution in [0.5, 0.6) is 0 Å². The van der Waals surface area contributed by atoms with Crippen LogP contribution in [0.25, 0.3) is 0 Å². The van der Waals surface area contributed by atoms with Gasteiger partial charge in [0.2, 0.25) is 5.91 Å². The molecule has 24 heavy (non-hydrogen) atoms. The molecule has 1 aromatic heterocycles. The van der Waals surface area contributed by atoms with Crippen molar-refractivity contribution in [1.29, 1.82) is 0 Å². The fraction of sp³-hybridized carbons (Fsp3) is 0.0556. The van der Waals surface area contributed by atoms with Gasteiger partial charge in [-0.05, 0) is 35.9 Å². The molecule has 120 valence electrons. The van der Waals surface area contributed by atoms with Gasteiger partial charge in [-0.15, -0.1) is 10.2 Å². The number of amides is 1. The Hall–Kier alpha value is -3.28. The van der Waals surface area contributed by atoms with Gasteiger partial charge in [0, 0.05) is 5.69 Å². The van der Waals surface area contributed by atoms with E-state index in [1.54, 1.807) is 30.3 Å². The van der Waals surface area contributed by atoms with E-state index in [1.165, 1.54) is 6.07 Å². The minimum absolute atomic E-state index is 0.0572. The Balaban J connectivity index is 1.60. The molecule has 6 heteroatoms. The first-order valence-electron chi connectivity index (χ1n) is 7.40. The molecule has 1 amide bonds. The van der Waals surface area contributed by atoms with Crippen molar-refractivity contribution in [1.82, 2.24) is 10.2 Å². The van der Waals surface area contributed by atoms with Crippen molar-refractivity contribution in [2.45, 2.75) is 6.42 Å². The minimum Gasteiger partial charge on any atom is -0.339 e. The van der Waals surface area contributed by atoms with E-state index in [9.17, 15) is 9.18 Å². The summed E-state index contributed by atoms with van der Waals surface area (Å²) in [5.74, 6) is 0.127. The Morgan fingerprint density at radius 3 is 2.25 bits per heavy atom. The smallest absolute Gasteiger partial charge is 0.230 e. The van der Waals surface area contributed by atoms with Gasteiger partial charge in [0.05, 0.1) is 6.42 Å². The van der Waals surface area contributed by atoms with E-state index in [0.717, 1.165) is 5.69 Å². The van der Waals surface area contributed by atoms with Crippen LogP contribution in [0.15, 0.2) is 66.7 Å². The lowest BCUT2D eigenvalue weighted by atomic mass is 10.1. The Morgan fingerprint density at radius 2 is 1.54 bits per heavy atom. The topological polar surface area (TPSA) is 66.9 Å². The number of halogens is 1. The first kappa shape index (κ1) is 15.6. The molecule has 0 aliphatic heterocycles. The molecule has 0 saturated heterocycles. The maximum atomic E-state index is 13.5. The maximum Gasteiger partial charge on any atom is 0.230 e. The lowest BCUT2D eigenvalue weighted by molar-refractivity contribution is -0.115. The third kappa shape index (κ3) is 4.13. The molecule has 0 fully saturated rings. The zero-order valence-electron chi connectivity index (χ0n) is 12.7. The van der Waals surface area contributed by atoms with E-state index >= 15 is 0 Å². The predicted octanol–water partition coefficient (Wildman–Crippen LogP) is 3.54. The van der Waals surface area contributed by atoms with E-state index in [1.807, 2.05) is 30.3 Å². The highest BCUT2D eigenvalue weighted by Gasteiger charge is 2.09. The van der Waals surface area contributed by atoms with Gasteiger partial charge in [0.15, 0.2) is 11.6 Å². The van der Waals surface area contributed by atoms with Gasteiger partial charge in [-0.2, -0.15) is 0 Å². The third-order valence-corrected chi connectivity index (χ3v) is 3.29. The van der Waals surface area contributed by atoms with Gasteiger partial charge in [0.1, 0.15) is 5.82 Å². The number of para-hydroxylation sites is 1. The molecule has 0 atom stereocenters. The molecular weight excluding hydrogens is 307 g/mol. The van der Waals surface area contributed by atoms with Crippen molar-refractivity contribution in [3.63, 3.8) is 0 Å². The van der Waals surface area contributed by atoms with Gasteiger partial charge in [0.25, 0.3) is 0 Å². The number of hydrogen-bond donors (Lipinski definition) is 2. The van der Waals surface area contributed by atoms with Crippen LogP contribution in [0.1, 0.15) is 5.56 Å². The minimum atomic E-state index is -0.402. The largest absolute Gasteiger partial charge is 0.339 e. The van der Waals surface area contributed by atoms with Crippen molar-refractivity contribution in [3.05, 3.63) is 78.1 Å². The van der Waals surface area contributed by atoms with Crippen LogP contribution in [0.3, 0.4) is 0 Å². The number of anilines is 3. The summed E-state index contributed by atoms with van der Waals surface area (Å²) < 4.78 is 13.5. The predicted molar refractivity (Wildman–Crippen MR) is 90.5 cm³/mol. The molecule has 0 radical (unpaired) electrons. The highest BCUT2D eigenvalue weighted by atomic mass is 19.1. The fourth-order valence-corrected chi connectivity index (χ4v) is 2.14. The number of rotatable bonds is 5. The maximum absolute atomic E-state index is 13.5. The number of carbonyl (C=O) groups is 1. The molecule has 3 rings (SSSR count). The summed E-state index contributed by atoms with van der Waals surface area (Å²) in [5, 5.41) is 13.6. The van der Waals surface area contributed by atoms with Crippen LogP contribution in [0, 0.1) is 5.82 Å². The quantitative estimate of drug-likeness (QED) is 0.754. The van der Waals surface area contributed by atoms with Crippen molar-refractivity contribution >= 4 is 23.2 Å². The molecule has 0 aliphatic carbocycles. The van der Waals surface area contributed by atoms with E-state index < -0.39 is 5.82 Å². The normalized spacial score (nSPS) is 10.2. The van der Waals surface area contributed by atoms with Crippen molar-refractivity contribution in [3.8, 4) is 0 Å². The zero-order valence-corrected chi connectivity index (χ0v) is 12.7. The Bertz CT molecular complexity index is 822. The molecule has 0 unspecified atom stereocenters. The van der Waals surface area contributed by atoms with Crippen LogP contribution >= 0.6 is 0 Å². The van der Waals surface area contributed by atoms with Crippen LogP contribution in [0.2, 0.25) is 0 Å². The molecule has 2 aromatic carbocycles. The third-order valence-electron chi connectivity index (χ3n) is 3.29. The van der Waals surface area contributed by atoms with Gasteiger partial charge in [-0.1, -0.05) is 36.4 Å². The second-order valence-corrected chi connectivity index (χ2v) is 5.11.